The van der Waals surface area contributed by atoms with E-state index < -0.39 is 0 Å². The number of rotatable bonds is 4. The van der Waals surface area contributed by atoms with Crippen LogP contribution in [-0.4, -0.2) is 12.1 Å². The molecule has 2 aromatic rings. The van der Waals surface area contributed by atoms with Crippen molar-refractivity contribution in [1.82, 2.24) is 4.98 Å². The lowest BCUT2D eigenvalue weighted by Gasteiger charge is -2.12. The summed E-state index contributed by atoms with van der Waals surface area (Å²) < 4.78 is 5.31. The van der Waals surface area contributed by atoms with Crippen molar-refractivity contribution in [3.8, 4) is 5.75 Å². The Morgan fingerprint density at radius 1 is 1.39 bits per heavy atom. The molecule has 1 aromatic heterocycles. The molecule has 1 heterocycles. The van der Waals surface area contributed by atoms with E-state index in [2.05, 4.69) is 15.7 Å². The molecule has 0 bridgehead atoms. The maximum Gasteiger partial charge on any atom is 0.143 e. The van der Waals surface area contributed by atoms with Crippen LogP contribution < -0.4 is 10.1 Å². The molecule has 96 valence electrons. The quantitative estimate of drug-likeness (QED) is 0.919. The summed E-state index contributed by atoms with van der Waals surface area (Å²) in [6.45, 7) is 4.66. The molecule has 0 saturated carbocycles. The topological polar surface area (TPSA) is 34.1 Å². The van der Waals surface area contributed by atoms with Crippen molar-refractivity contribution in [1.29, 1.82) is 0 Å². The SMILES string of the molecule is COc1cc(Cl)c(C)cc1NCc1csc(C)n1. The summed E-state index contributed by atoms with van der Waals surface area (Å²) in [5, 5.41) is 7.16. The number of anilines is 1. The highest BCUT2D eigenvalue weighted by atomic mass is 35.5. The number of nitrogens with one attached hydrogen (secondary N) is 1. The third kappa shape index (κ3) is 2.94. The number of halogens is 1. The van der Waals surface area contributed by atoms with E-state index in [4.69, 9.17) is 16.3 Å². The molecule has 0 unspecified atom stereocenters. The molecule has 0 atom stereocenters. The zero-order valence-corrected chi connectivity index (χ0v) is 12.2. The van der Waals surface area contributed by atoms with E-state index in [0.29, 0.717) is 11.6 Å². The maximum absolute atomic E-state index is 6.07. The molecule has 3 nitrogen and oxygen atoms in total. The summed E-state index contributed by atoms with van der Waals surface area (Å²) in [4.78, 5) is 4.41. The van der Waals surface area contributed by atoms with Gasteiger partial charge in [-0.2, -0.15) is 0 Å². The number of hydrogen-bond acceptors (Lipinski definition) is 4. The third-order valence-electron chi connectivity index (χ3n) is 2.61. The molecular weight excluding hydrogens is 268 g/mol. The van der Waals surface area contributed by atoms with Crippen LogP contribution >= 0.6 is 22.9 Å². The maximum atomic E-state index is 6.07. The van der Waals surface area contributed by atoms with Crippen LogP contribution in [0.3, 0.4) is 0 Å². The first kappa shape index (κ1) is 13.2. The molecule has 0 fully saturated rings. The molecule has 0 amide bonds. The number of nitrogens with zero attached hydrogens (tertiary/aromatic N) is 1. The fourth-order valence-corrected chi connectivity index (χ4v) is 2.41. The van der Waals surface area contributed by atoms with Crippen molar-refractivity contribution >= 4 is 28.6 Å². The molecular formula is C13H15ClN2OS. The first-order valence-corrected chi connectivity index (χ1v) is 6.85. The summed E-state index contributed by atoms with van der Waals surface area (Å²) in [6.07, 6.45) is 0. The van der Waals surface area contributed by atoms with Crippen molar-refractivity contribution in [2.24, 2.45) is 0 Å². The van der Waals surface area contributed by atoms with E-state index in [-0.39, 0.29) is 0 Å². The third-order valence-corrected chi connectivity index (χ3v) is 3.84. The van der Waals surface area contributed by atoms with Gasteiger partial charge in [0.1, 0.15) is 5.75 Å². The smallest absolute Gasteiger partial charge is 0.143 e. The van der Waals surface area contributed by atoms with Crippen molar-refractivity contribution in [2.75, 3.05) is 12.4 Å². The monoisotopic (exact) mass is 282 g/mol. The van der Waals surface area contributed by atoms with Gasteiger partial charge in [0.15, 0.2) is 0 Å². The summed E-state index contributed by atoms with van der Waals surface area (Å²) in [5.41, 5.74) is 2.99. The number of aromatic nitrogens is 1. The normalized spacial score (nSPS) is 10.4. The Hall–Kier alpha value is -1.26. The second kappa shape index (κ2) is 5.59. The van der Waals surface area contributed by atoms with Gasteiger partial charge < -0.3 is 10.1 Å². The predicted molar refractivity (Wildman–Crippen MR) is 76.9 cm³/mol. The summed E-state index contributed by atoms with van der Waals surface area (Å²) in [7, 11) is 1.64. The van der Waals surface area contributed by atoms with Crippen molar-refractivity contribution in [2.45, 2.75) is 20.4 Å². The number of ether oxygens (including phenoxy) is 1. The van der Waals surface area contributed by atoms with Crippen molar-refractivity contribution in [3.05, 3.63) is 38.8 Å². The fourth-order valence-electron chi connectivity index (χ4n) is 1.65. The van der Waals surface area contributed by atoms with Gasteiger partial charge in [-0.05, 0) is 25.5 Å². The Morgan fingerprint density at radius 3 is 2.78 bits per heavy atom. The van der Waals surface area contributed by atoms with Gasteiger partial charge in [-0.25, -0.2) is 4.98 Å². The molecule has 18 heavy (non-hydrogen) atoms. The van der Waals surface area contributed by atoms with Gasteiger partial charge in [0, 0.05) is 16.5 Å². The van der Waals surface area contributed by atoms with Gasteiger partial charge >= 0.3 is 0 Å². The van der Waals surface area contributed by atoms with Gasteiger partial charge in [0.2, 0.25) is 0 Å². The molecule has 1 N–H and O–H groups in total. The average Bonchev–Trinajstić information content (AvgIpc) is 2.76. The molecule has 0 radical (unpaired) electrons. The lowest BCUT2D eigenvalue weighted by molar-refractivity contribution is 0.416. The van der Waals surface area contributed by atoms with Gasteiger partial charge in [0.05, 0.1) is 30.0 Å². The lowest BCUT2D eigenvalue weighted by Crippen LogP contribution is -2.02. The van der Waals surface area contributed by atoms with E-state index in [1.165, 1.54) is 0 Å². The summed E-state index contributed by atoms with van der Waals surface area (Å²) >= 11 is 7.72. The molecule has 5 heteroatoms. The standard InChI is InChI=1S/C13H15ClN2OS/c1-8-4-12(13(17-3)5-11(8)14)15-6-10-7-18-9(2)16-10/h4-5,7,15H,6H2,1-3H3. The van der Waals surface area contributed by atoms with Gasteiger partial charge in [0.25, 0.3) is 0 Å². The Bertz CT molecular complexity index is 554. The second-order valence-electron chi connectivity index (χ2n) is 4.01. The minimum absolute atomic E-state index is 0.682. The molecule has 0 spiro atoms. The van der Waals surface area contributed by atoms with Crippen LogP contribution in [0.25, 0.3) is 0 Å². The molecule has 0 aliphatic carbocycles. The molecule has 2 rings (SSSR count). The Morgan fingerprint density at radius 2 is 2.17 bits per heavy atom. The van der Waals surface area contributed by atoms with E-state index in [9.17, 15) is 0 Å². The lowest BCUT2D eigenvalue weighted by atomic mass is 10.2. The zero-order valence-electron chi connectivity index (χ0n) is 10.6. The average molecular weight is 283 g/mol. The predicted octanol–water partition coefficient (Wildman–Crippen LogP) is 4.03. The Balaban J connectivity index is 2.15. The van der Waals surface area contributed by atoms with Gasteiger partial charge in [-0.1, -0.05) is 11.6 Å². The number of hydrogen-bond donors (Lipinski definition) is 1. The van der Waals surface area contributed by atoms with E-state index in [1.54, 1.807) is 18.4 Å². The highest BCUT2D eigenvalue weighted by Crippen LogP contribution is 2.31. The highest BCUT2D eigenvalue weighted by molar-refractivity contribution is 7.09. The number of methoxy groups -OCH3 is 1. The van der Waals surface area contributed by atoms with E-state index in [1.807, 2.05) is 26.0 Å². The first-order chi connectivity index (χ1) is 8.60. The van der Waals surface area contributed by atoms with Crippen LogP contribution in [0, 0.1) is 13.8 Å². The highest BCUT2D eigenvalue weighted by Gasteiger charge is 2.07. The largest absolute Gasteiger partial charge is 0.495 e. The van der Waals surface area contributed by atoms with Gasteiger partial charge in [-0.15, -0.1) is 11.3 Å². The molecule has 1 aromatic carbocycles. The molecule has 0 aliphatic rings. The van der Waals surface area contributed by atoms with Gasteiger partial charge in [-0.3, -0.25) is 0 Å². The van der Waals surface area contributed by atoms with Crippen LogP contribution in [0.5, 0.6) is 5.75 Å². The number of aryl methyl sites for hydroxylation is 2. The van der Waals surface area contributed by atoms with Crippen LogP contribution in [-0.2, 0) is 6.54 Å². The zero-order chi connectivity index (χ0) is 13.1. The number of benzene rings is 1. The Kier molecular flexibility index (Phi) is 4.09. The minimum atomic E-state index is 0.682. The van der Waals surface area contributed by atoms with E-state index in [0.717, 1.165) is 27.7 Å². The van der Waals surface area contributed by atoms with Crippen LogP contribution in [0.2, 0.25) is 5.02 Å². The first-order valence-electron chi connectivity index (χ1n) is 5.59. The van der Waals surface area contributed by atoms with Crippen molar-refractivity contribution < 1.29 is 4.74 Å². The van der Waals surface area contributed by atoms with Crippen LogP contribution in [0.4, 0.5) is 5.69 Å². The second-order valence-corrected chi connectivity index (χ2v) is 5.48. The summed E-state index contributed by atoms with van der Waals surface area (Å²) in [5.74, 6) is 0.748. The molecule has 0 saturated heterocycles. The summed E-state index contributed by atoms with van der Waals surface area (Å²) in [6, 6.07) is 3.81. The van der Waals surface area contributed by atoms with E-state index >= 15 is 0 Å². The minimum Gasteiger partial charge on any atom is -0.495 e. The fraction of sp³-hybridized carbons (Fsp3) is 0.308. The molecule has 0 aliphatic heterocycles. The Labute approximate surface area is 116 Å². The van der Waals surface area contributed by atoms with Crippen LogP contribution in [0.1, 0.15) is 16.3 Å². The van der Waals surface area contributed by atoms with Crippen molar-refractivity contribution in [3.63, 3.8) is 0 Å². The number of thiazole rings is 1. The van der Waals surface area contributed by atoms with Crippen LogP contribution in [0.15, 0.2) is 17.5 Å².